The standard InChI is InChI=1S/C12H14Cl2N2O/c1-16(2)7-8-6-11(15-17-8)12-9(13)4-3-5-10(12)14/h3-5,8H,6-7H2,1-2H3/t8-/m1/s1. The fourth-order valence-electron chi connectivity index (χ4n) is 1.85. The van der Waals surface area contributed by atoms with Gasteiger partial charge in [0.25, 0.3) is 0 Å². The van der Waals surface area contributed by atoms with E-state index in [9.17, 15) is 0 Å². The summed E-state index contributed by atoms with van der Waals surface area (Å²) in [6.07, 6.45) is 0.814. The molecule has 2 rings (SSSR count). The molecule has 0 aromatic heterocycles. The molecule has 0 unspecified atom stereocenters. The van der Waals surface area contributed by atoms with E-state index in [2.05, 4.69) is 10.1 Å². The molecule has 1 atom stereocenters. The van der Waals surface area contributed by atoms with Crippen molar-refractivity contribution < 1.29 is 4.84 Å². The first-order chi connectivity index (χ1) is 8.08. The summed E-state index contributed by atoms with van der Waals surface area (Å²) in [6.45, 7) is 0.828. The zero-order valence-electron chi connectivity index (χ0n) is 9.78. The Balaban J connectivity index is 2.15. The highest BCUT2D eigenvalue weighted by molar-refractivity contribution is 6.40. The molecule has 1 heterocycles. The molecule has 0 aliphatic carbocycles. The minimum atomic E-state index is 0.0762. The Bertz CT molecular complexity index is 426. The summed E-state index contributed by atoms with van der Waals surface area (Å²) in [7, 11) is 4.01. The highest BCUT2D eigenvalue weighted by atomic mass is 35.5. The number of hydrogen-bond donors (Lipinski definition) is 0. The average Bonchev–Trinajstić information content (AvgIpc) is 2.65. The molecule has 1 aliphatic rings. The van der Waals surface area contributed by atoms with E-state index in [0.29, 0.717) is 10.0 Å². The van der Waals surface area contributed by atoms with Gasteiger partial charge in [0, 0.05) is 18.5 Å². The predicted molar refractivity (Wildman–Crippen MR) is 71.0 cm³/mol. The van der Waals surface area contributed by atoms with E-state index >= 15 is 0 Å². The van der Waals surface area contributed by atoms with E-state index in [0.717, 1.165) is 24.2 Å². The molecular formula is C12H14Cl2N2O. The maximum absolute atomic E-state index is 6.13. The first-order valence-corrected chi connectivity index (χ1v) is 6.15. The summed E-state index contributed by atoms with van der Waals surface area (Å²) in [5, 5.41) is 5.32. The van der Waals surface area contributed by atoms with Gasteiger partial charge in [0.1, 0.15) is 6.10 Å². The molecule has 0 N–H and O–H groups in total. The van der Waals surface area contributed by atoms with Crippen molar-refractivity contribution in [2.24, 2.45) is 5.16 Å². The van der Waals surface area contributed by atoms with Crippen LogP contribution in [0.3, 0.4) is 0 Å². The van der Waals surface area contributed by atoms with Crippen LogP contribution < -0.4 is 0 Å². The molecule has 0 radical (unpaired) electrons. The molecule has 1 aromatic rings. The topological polar surface area (TPSA) is 24.8 Å². The zero-order valence-corrected chi connectivity index (χ0v) is 11.3. The Labute approximate surface area is 111 Å². The monoisotopic (exact) mass is 272 g/mol. The number of halogens is 2. The van der Waals surface area contributed by atoms with Crippen molar-refractivity contribution in [3.63, 3.8) is 0 Å². The number of nitrogens with zero attached hydrogens (tertiary/aromatic N) is 2. The second-order valence-corrected chi connectivity index (χ2v) is 5.14. The van der Waals surface area contributed by atoms with E-state index in [-0.39, 0.29) is 6.10 Å². The minimum absolute atomic E-state index is 0.0762. The lowest BCUT2D eigenvalue weighted by molar-refractivity contribution is 0.0650. The summed E-state index contributed by atoms with van der Waals surface area (Å²) < 4.78 is 0. The van der Waals surface area contributed by atoms with Crippen molar-refractivity contribution in [1.29, 1.82) is 0 Å². The highest BCUT2D eigenvalue weighted by Crippen LogP contribution is 2.29. The molecule has 1 aromatic carbocycles. The molecule has 0 bridgehead atoms. The maximum Gasteiger partial charge on any atom is 0.145 e. The van der Waals surface area contributed by atoms with Gasteiger partial charge in [-0.2, -0.15) is 0 Å². The molecule has 0 spiro atoms. The van der Waals surface area contributed by atoms with Crippen LogP contribution in [0, 0.1) is 0 Å². The van der Waals surface area contributed by atoms with Crippen molar-refractivity contribution in [3.8, 4) is 0 Å². The second-order valence-electron chi connectivity index (χ2n) is 4.33. The number of benzene rings is 1. The summed E-state index contributed by atoms with van der Waals surface area (Å²) in [5.41, 5.74) is 1.62. The molecule has 5 heteroatoms. The SMILES string of the molecule is CN(C)C[C@H]1CC(c2c(Cl)cccc2Cl)=NO1. The van der Waals surface area contributed by atoms with Gasteiger partial charge < -0.3 is 9.74 Å². The Hall–Kier alpha value is -0.770. The number of hydrogen-bond acceptors (Lipinski definition) is 3. The normalized spacial score (nSPS) is 19.4. The Kier molecular flexibility index (Phi) is 3.92. The van der Waals surface area contributed by atoms with Crippen molar-refractivity contribution in [3.05, 3.63) is 33.8 Å². The lowest BCUT2D eigenvalue weighted by Gasteiger charge is -2.13. The molecule has 0 amide bonds. The largest absolute Gasteiger partial charge is 0.390 e. The molecule has 0 saturated carbocycles. The van der Waals surface area contributed by atoms with Crippen molar-refractivity contribution >= 4 is 28.9 Å². The number of rotatable bonds is 3. The summed E-state index contributed by atoms with van der Waals surface area (Å²) in [4.78, 5) is 7.44. The van der Waals surface area contributed by atoms with Crippen LogP contribution >= 0.6 is 23.2 Å². The van der Waals surface area contributed by atoms with E-state index < -0.39 is 0 Å². The molecule has 92 valence electrons. The Morgan fingerprint density at radius 3 is 2.59 bits per heavy atom. The lowest BCUT2D eigenvalue weighted by atomic mass is 10.0. The van der Waals surface area contributed by atoms with E-state index in [1.54, 1.807) is 0 Å². The quantitative estimate of drug-likeness (QED) is 0.845. The molecule has 3 nitrogen and oxygen atoms in total. The van der Waals surface area contributed by atoms with Gasteiger partial charge in [-0.05, 0) is 26.2 Å². The minimum Gasteiger partial charge on any atom is -0.390 e. The Morgan fingerprint density at radius 2 is 2.00 bits per heavy atom. The van der Waals surface area contributed by atoms with Crippen molar-refractivity contribution in [2.45, 2.75) is 12.5 Å². The van der Waals surface area contributed by atoms with Crippen molar-refractivity contribution in [2.75, 3.05) is 20.6 Å². The zero-order chi connectivity index (χ0) is 12.4. The van der Waals surface area contributed by atoms with Gasteiger partial charge in [-0.1, -0.05) is 34.4 Å². The van der Waals surface area contributed by atoms with Gasteiger partial charge in [-0.25, -0.2) is 0 Å². The van der Waals surface area contributed by atoms with Crippen LogP contribution in [-0.2, 0) is 4.84 Å². The van der Waals surface area contributed by atoms with Crippen LogP contribution in [0.15, 0.2) is 23.4 Å². The predicted octanol–water partition coefficient (Wildman–Crippen LogP) is 3.05. The third kappa shape index (κ3) is 2.92. The Morgan fingerprint density at radius 1 is 1.35 bits per heavy atom. The summed E-state index contributed by atoms with van der Waals surface area (Å²) in [6, 6.07) is 5.44. The average molecular weight is 273 g/mol. The van der Waals surface area contributed by atoms with E-state index in [1.807, 2.05) is 32.3 Å². The first kappa shape index (κ1) is 12.7. The van der Waals surface area contributed by atoms with Gasteiger partial charge in [-0.3, -0.25) is 0 Å². The first-order valence-electron chi connectivity index (χ1n) is 5.39. The second kappa shape index (κ2) is 5.25. The molecule has 17 heavy (non-hydrogen) atoms. The van der Waals surface area contributed by atoms with Gasteiger partial charge in [-0.15, -0.1) is 0 Å². The number of likely N-dealkylation sites (N-methyl/N-ethyl adjacent to an activating group) is 1. The van der Waals surface area contributed by atoms with Crippen LogP contribution in [0.25, 0.3) is 0 Å². The van der Waals surface area contributed by atoms with Crippen LogP contribution in [0.4, 0.5) is 0 Å². The molecule has 1 aliphatic heterocycles. The molecular weight excluding hydrogens is 259 g/mol. The molecule has 0 saturated heterocycles. The number of oxime groups is 1. The summed E-state index contributed by atoms with van der Waals surface area (Å²) in [5.74, 6) is 0. The lowest BCUT2D eigenvalue weighted by Crippen LogP contribution is -2.26. The van der Waals surface area contributed by atoms with Crippen LogP contribution in [0.1, 0.15) is 12.0 Å². The van der Waals surface area contributed by atoms with Crippen LogP contribution in [0.2, 0.25) is 10.0 Å². The van der Waals surface area contributed by atoms with Crippen LogP contribution in [-0.4, -0.2) is 37.4 Å². The highest BCUT2D eigenvalue weighted by Gasteiger charge is 2.25. The molecule has 0 fully saturated rings. The third-order valence-electron chi connectivity index (χ3n) is 2.55. The fourth-order valence-corrected chi connectivity index (χ4v) is 2.47. The van der Waals surface area contributed by atoms with Gasteiger partial charge >= 0.3 is 0 Å². The van der Waals surface area contributed by atoms with E-state index in [1.165, 1.54) is 0 Å². The van der Waals surface area contributed by atoms with E-state index in [4.69, 9.17) is 28.0 Å². The van der Waals surface area contributed by atoms with Gasteiger partial charge in [0.05, 0.1) is 15.8 Å². The maximum atomic E-state index is 6.13. The van der Waals surface area contributed by atoms with Crippen LogP contribution in [0.5, 0.6) is 0 Å². The van der Waals surface area contributed by atoms with Gasteiger partial charge in [0.15, 0.2) is 0 Å². The summed E-state index contributed by atoms with van der Waals surface area (Å²) >= 11 is 12.3. The smallest absolute Gasteiger partial charge is 0.145 e. The van der Waals surface area contributed by atoms with Gasteiger partial charge in [0.2, 0.25) is 0 Å². The fraction of sp³-hybridized carbons (Fsp3) is 0.417. The van der Waals surface area contributed by atoms with Crippen molar-refractivity contribution in [1.82, 2.24) is 4.90 Å². The third-order valence-corrected chi connectivity index (χ3v) is 3.18.